The third kappa shape index (κ3) is 4.41. The van der Waals surface area contributed by atoms with E-state index in [0.29, 0.717) is 53.1 Å². The molecule has 11 heteroatoms. The quantitative estimate of drug-likeness (QED) is 0.164. The maximum atomic E-state index is 15.2. The lowest BCUT2D eigenvalue weighted by Gasteiger charge is -2.36. The average Bonchev–Trinajstić information content (AvgIpc) is 3.32. The van der Waals surface area contributed by atoms with Crippen LogP contribution in [0.25, 0.3) is 10.9 Å². The molecule has 8 nitrogen and oxygen atoms in total. The SMILES string of the molecule is CC1(c2cnc(C3CC(Oc4cc5cc[nH]c5c(F)c4P)=CC=C3F)[nH]2)CCOc2c(CC3CN3N=O)cccc21. The van der Waals surface area contributed by atoms with Gasteiger partial charge < -0.3 is 19.4 Å². The minimum atomic E-state index is -0.663. The molecule has 1 aliphatic carbocycles. The van der Waals surface area contributed by atoms with Gasteiger partial charge in [-0.1, -0.05) is 27.4 Å². The van der Waals surface area contributed by atoms with Crippen molar-refractivity contribution in [3.05, 3.63) is 99.8 Å². The summed E-state index contributed by atoms with van der Waals surface area (Å²) in [6.45, 7) is 3.32. The summed E-state index contributed by atoms with van der Waals surface area (Å²) >= 11 is 0. The molecule has 7 rings (SSSR count). The first-order valence-electron chi connectivity index (χ1n) is 13.6. The van der Waals surface area contributed by atoms with Crippen LogP contribution in [0.5, 0.6) is 11.5 Å². The molecule has 41 heavy (non-hydrogen) atoms. The molecule has 3 aliphatic rings. The summed E-state index contributed by atoms with van der Waals surface area (Å²) in [4.78, 5) is 21.8. The highest BCUT2D eigenvalue weighted by atomic mass is 31.0. The second-order valence-corrected chi connectivity index (χ2v) is 11.6. The van der Waals surface area contributed by atoms with E-state index < -0.39 is 17.2 Å². The number of rotatable bonds is 7. The van der Waals surface area contributed by atoms with Gasteiger partial charge in [-0.15, -0.1) is 4.91 Å². The summed E-state index contributed by atoms with van der Waals surface area (Å²) in [5.74, 6) is 0.813. The van der Waals surface area contributed by atoms with Crippen molar-refractivity contribution in [3.63, 3.8) is 0 Å². The van der Waals surface area contributed by atoms with Crippen molar-refractivity contribution in [3.8, 4) is 11.5 Å². The molecule has 0 radical (unpaired) electrons. The Labute approximate surface area is 237 Å². The highest BCUT2D eigenvalue weighted by Gasteiger charge is 2.40. The van der Waals surface area contributed by atoms with Crippen LogP contribution >= 0.6 is 9.24 Å². The van der Waals surface area contributed by atoms with Gasteiger partial charge in [0.15, 0.2) is 5.82 Å². The van der Waals surface area contributed by atoms with E-state index in [4.69, 9.17) is 9.47 Å². The summed E-state index contributed by atoms with van der Waals surface area (Å²) in [5.41, 5.74) is 2.92. The number of para-hydroxylation sites is 1. The Morgan fingerprint density at radius 3 is 3.00 bits per heavy atom. The van der Waals surface area contributed by atoms with Gasteiger partial charge in [-0.2, -0.15) is 0 Å². The number of nitroso groups, excluding NO2 is 1. The average molecular weight is 576 g/mol. The van der Waals surface area contributed by atoms with Crippen molar-refractivity contribution < 1.29 is 18.3 Å². The highest BCUT2D eigenvalue weighted by Crippen LogP contribution is 2.46. The molecule has 210 valence electrons. The lowest BCUT2D eigenvalue weighted by atomic mass is 9.74. The van der Waals surface area contributed by atoms with Crippen molar-refractivity contribution in [2.45, 2.75) is 43.6 Å². The topological polar surface area (TPSA) is 95.4 Å². The molecule has 2 aromatic carbocycles. The number of ether oxygens (including phenoxy) is 2. The van der Waals surface area contributed by atoms with E-state index >= 15 is 4.39 Å². The Morgan fingerprint density at radius 1 is 1.29 bits per heavy atom. The first kappa shape index (κ1) is 25.9. The number of aromatic amines is 2. The monoisotopic (exact) mass is 575 g/mol. The smallest absolute Gasteiger partial charge is 0.158 e. The minimum Gasteiger partial charge on any atom is -0.493 e. The number of benzene rings is 2. The zero-order chi connectivity index (χ0) is 28.3. The van der Waals surface area contributed by atoms with Crippen LogP contribution in [0.4, 0.5) is 8.78 Å². The summed E-state index contributed by atoms with van der Waals surface area (Å²) in [6.07, 6.45) is 8.05. The van der Waals surface area contributed by atoms with Gasteiger partial charge in [0.05, 0.1) is 35.9 Å². The van der Waals surface area contributed by atoms with E-state index in [-0.39, 0.29) is 18.3 Å². The van der Waals surface area contributed by atoms with Crippen LogP contribution in [0.2, 0.25) is 0 Å². The Hall–Kier alpha value is -4.04. The van der Waals surface area contributed by atoms with E-state index in [1.54, 1.807) is 30.6 Å². The van der Waals surface area contributed by atoms with Gasteiger partial charge in [-0.25, -0.2) is 13.8 Å². The minimum absolute atomic E-state index is 0.101. The standard InChI is InChI=1S/C30H28F2N5O3P/c1-30(8-10-39-27-17(3-2-4-21(27)30)11-18-15-37(18)36-38)24-14-34-29(35-24)20-13-19(5-6-22(20)31)40-23-12-16-7-9-33-26(16)25(32)28(23)41/h2-7,9,12,14,18,20,33H,8,10-11,13,15,41H2,1H3,(H,34,35). The third-order valence-electron chi connectivity index (χ3n) is 8.50. The zero-order valence-electron chi connectivity index (χ0n) is 22.3. The van der Waals surface area contributed by atoms with Gasteiger partial charge in [-0.05, 0) is 49.6 Å². The molecular weight excluding hydrogens is 547 g/mol. The van der Waals surface area contributed by atoms with Gasteiger partial charge >= 0.3 is 0 Å². The molecule has 0 saturated carbocycles. The van der Waals surface area contributed by atoms with E-state index in [1.807, 2.05) is 12.1 Å². The number of H-pyrrole nitrogens is 2. The first-order valence-corrected chi connectivity index (χ1v) is 14.1. The number of fused-ring (bicyclic) bond motifs is 2. The van der Waals surface area contributed by atoms with Crippen molar-refractivity contribution in [2.75, 3.05) is 13.2 Å². The van der Waals surface area contributed by atoms with Crippen LogP contribution < -0.4 is 14.8 Å². The molecule has 2 aromatic heterocycles. The second-order valence-electron chi connectivity index (χ2n) is 11.1. The number of aromatic nitrogens is 3. The summed E-state index contributed by atoms with van der Waals surface area (Å²) in [7, 11) is 2.39. The number of hydrogen-bond donors (Lipinski definition) is 2. The first-order chi connectivity index (χ1) is 19.9. The van der Waals surface area contributed by atoms with Crippen LogP contribution in [0.15, 0.2) is 71.7 Å². The maximum Gasteiger partial charge on any atom is 0.158 e. The van der Waals surface area contributed by atoms with Crippen molar-refractivity contribution >= 4 is 25.4 Å². The van der Waals surface area contributed by atoms with Gasteiger partial charge in [-0.3, -0.25) is 5.01 Å². The molecule has 4 aromatic rings. The molecule has 4 heterocycles. The van der Waals surface area contributed by atoms with Gasteiger partial charge in [0.25, 0.3) is 0 Å². The number of hydrogen-bond acceptors (Lipinski definition) is 5. The van der Waals surface area contributed by atoms with Crippen molar-refractivity contribution in [1.29, 1.82) is 0 Å². The van der Waals surface area contributed by atoms with Crippen LogP contribution in [-0.4, -0.2) is 39.2 Å². The van der Waals surface area contributed by atoms with E-state index in [1.165, 1.54) is 11.1 Å². The molecule has 2 N–H and O–H groups in total. The van der Waals surface area contributed by atoms with Gasteiger partial charge in [0, 0.05) is 46.2 Å². The van der Waals surface area contributed by atoms with Crippen molar-refractivity contribution in [1.82, 2.24) is 20.0 Å². The fourth-order valence-electron chi connectivity index (χ4n) is 5.95. The van der Waals surface area contributed by atoms with E-state index in [0.717, 1.165) is 29.0 Å². The second kappa shape index (κ2) is 9.80. The molecule has 4 atom stereocenters. The molecule has 0 bridgehead atoms. The summed E-state index contributed by atoms with van der Waals surface area (Å²) < 4.78 is 42.2. The number of nitrogens with one attached hydrogen (secondary N) is 2. The molecule has 4 unspecified atom stereocenters. The van der Waals surface area contributed by atoms with E-state index in [2.05, 4.69) is 42.5 Å². The molecule has 1 fully saturated rings. The predicted octanol–water partition coefficient (Wildman–Crippen LogP) is 5.83. The normalized spacial score (nSPS) is 23.5. The third-order valence-corrected chi connectivity index (χ3v) is 9.04. The Bertz CT molecular complexity index is 1750. The Kier molecular flexibility index (Phi) is 6.19. The van der Waals surface area contributed by atoms with Crippen LogP contribution in [0, 0.1) is 10.7 Å². The van der Waals surface area contributed by atoms with Crippen LogP contribution in [0.1, 0.15) is 48.3 Å². The fourth-order valence-corrected chi connectivity index (χ4v) is 6.23. The van der Waals surface area contributed by atoms with Crippen LogP contribution in [0.3, 0.4) is 0 Å². The number of imidazole rings is 1. The largest absolute Gasteiger partial charge is 0.493 e. The Morgan fingerprint density at radius 2 is 2.17 bits per heavy atom. The van der Waals surface area contributed by atoms with Gasteiger partial charge in [0.1, 0.15) is 28.9 Å². The fraction of sp³-hybridized carbons (Fsp3) is 0.300. The van der Waals surface area contributed by atoms with E-state index in [9.17, 15) is 9.30 Å². The lowest BCUT2D eigenvalue weighted by molar-refractivity contribution is 0.238. The van der Waals surface area contributed by atoms with Crippen molar-refractivity contribution in [2.24, 2.45) is 5.29 Å². The molecule has 0 spiro atoms. The summed E-state index contributed by atoms with van der Waals surface area (Å²) in [5, 5.41) is 5.54. The highest BCUT2D eigenvalue weighted by molar-refractivity contribution is 7.27. The number of nitrogens with zero attached hydrogens (tertiary/aromatic N) is 3. The molecule has 1 saturated heterocycles. The summed E-state index contributed by atoms with van der Waals surface area (Å²) in [6, 6.07) is 9.73. The molecule has 2 aliphatic heterocycles. The van der Waals surface area contributed by atoms with Crippen LogP contribution in [-0.2, 0) is 11.8 Å². The number of allylic oxidation sites excluding steroid dienone is 4. The lowest BCUT2D eigenvalue weighted by Crippen LogP contribution is -2.32. The number of halogens is 2. The predicted molar refractivity (Wildman–Crippen MR) is 154 cm³/mol. The van der Waals surface area contributed by atoms with Gasteiger partial charge in [0.2, 0.25) is 0 Å². The maximum absolute atomic E-state index is 15.2. The molecule has 0 amide bonds. The zero-order valence-corrected chi connectivity index (χ0v) is 23.4. The molecular formula is C30H28F2N5O3P. The Balaban J connectivity index is 1.14.